The lowest BCUT2D eigenvalue weighted by atomic mass is 10.1. The fourth-order valence-corrected chi connectivity index (χ4v) is 1.27. The number of methoxy groups -OCH3 is 2. The lowest BCUT2D eigenvalue weighted by Crippen LogP contribution is -2.07. The van der Waals surface area contributed by atoms with Crippen molar-refractivity contribution in [2.24, 2.45) is 0 Å². The fourth-order valence-electron chi connectivity index (χ4n) is 1.27. The third kappa shape index (κ3) is 2.39. The van der Waals surface area contributed by atoms with Gasteiger partial charge in [-0.05, 0) is 6.07 Å². The number of benzene rings is 1. The summed E-state index contributed by atoms with van der Waals surface area (Å²) in [5.41, 5.74) is -0.604. The first kappa shape index (κ1) is 12.6. The molecule has 0 unspecified atom stereocenters. The highest BCUT2D eigenvalue weighted by Crippen LogP contribution is 2.30. The van der Waals surface area contributed by atoms with Gasteiger partial charge in [0, 0.05) is 11.6 Å². The van der Waals surface area contributed by atoms with E-state index >= 15 is 0 Å². The van der Waals surface area contributed by atoms with Crippen LogP contribution in [-0.4, -0.2) is 31.4 Å². The molecule has 0 aliphatic rings. The van der Waals surface area contributed by atoms with Crippen molar-refractivity contribution in [1.29, 1.82) is 0 Å². The molecule has 0 spiro atoms. The summed E-state index contributed by atoms with van der Waals surface area (Å²) < 4.78 is 9.19. The summed E-state index contributed by atoms with van der Waals surface area (Å²) in [5.74, 6) is -0.914. The molecule has 17 heavy (non-hydrogen) atoms. The van der Waals surface area contributed by atoms with E-state index in [-0.39, 0.29) is 16.9 Å². The van der Waals surface area contributed by atoms with Crippen LogP contribution >= 0.6 is 0 Å². The van der Waals surface area contributed by atoms with Gasteiger partial charge in [-0.1, -0.05) is 0 Å². The molecule has 0 bridgehead atoms. The number of rotatable bonds is 4. The Balaban J connectivity index is 3.49. The number of esters is 1. The zero-order chi connectivity index (χ0) is 13.0. The zero-order valence-electron chi connectivity index (χ0n) is 9.13. The Kier molecular flexibility index (Phi) is 3.76. The van der Waals surface area contributed by atoms with E-state index in [1.54, 1.807) is 0 Å². The maximum Gasteiger partial charge on any atom is 0.338 e. The van der Waals surface area contributed by atoms with Crippen LogP contribution in [-0.2, 0) is 4.74 Å². The predicted molar refractivity (Wildman–Crippen MR) is 56.4 cm³/mol. The summed E-state index contributed by atoms with van der Waals surface area (Å²) in [6, 6.07) is 2.08. The molecule has 0 fully saturated rings. The molecule has 0 N–H and O–H groups in total. The van der Waals surface area contributed by atoms with E-state index in [1.807, 2.05) is 0 Å². The molecule has 0 saturated heterocycles. The average Bonchev–Trinajstić information content (AvgIpc) is 2.35. The highest BCUT2D eigenvalue weighted by molar-refractivity contribution is 5.99. The zero-order valence-corrected chi connectivity index (χ0v) is 9.13. The van der Waals surface area contributed by atoms with Crippen LogP contribution in [0, 0.1) is 10.1 Å². The second-order valence-corrected chi connectivity index (χ2v) is 2.98. The van der Waals surface area contributed by atoms with Crippen LogP contribution in [0.5, 0.6) is 5.75 Å². The van der Waals surface area contributed by atoms with Gasteiger partial charge in [0.25, 0.3) is 0 Å². The van der Waals surface area contributed by atoms with Crippen molar-refractivity contribution in [3.8, 4) is 5.75 Å². The molecule has 1 aromatic rings. The van der Waals surface area contributed by atoms with Gasteiger partial charge in [0.15, 0.2) is 12.0 Å². The Labute approximate surface area is 96.1 Å². The molecule has 90 valence electrons. The Bertz CT molecular complexity index is 482. The average molecular weight is 239 g/mol. The van der Waals surface area contributed by atoms with Gasteiger partial charge in [0.2, 0.25) is 0 Å². The van der Waals surface area contributed by atoms with E-state index in [1.165, 1.54) is 7.11 Å². The first-order valence-electron chi connectivity index (χ1n) is 4.45. The third-order valence-corrected chi connectivity index (χ3v) is 2.08. The van der Waals surface area contributed by atoms with Crippen molar-refractivity contribution in [2.75, 3.05) is 14.2 Å². The van der Waals surface area contributed by atoms with Gasteiger partial charge in [-0.3, -0.25) is 14.9 Å². The molecule has 0 saturated carbocycles. The molecule has 0 aliphatic heterocycles. The predicted octanol–water partition coefficient (Wildman–Crippen LogP) is 1.20. The van der Waals surface area contributed by atoms with Crippen LogP contribution < -0.4 is 4.74 Å². The standard InChI is InChI=1S/C10H9NO6/c1-16-9-3-6(5-12)7(10(13)17-2)4-8(9)11(14)15/h3-5H,1-2H3. The smallest absolute Gasteiger partial charge is 0.338 e. The quantitative estimate of drug-likeness (QED) is 0.339. The Morgan fingerprint density at radius 1 is 1.41 bits per heavy atom. The molecule has 0 atom stereocenters. The van der Waals surface area contributed by atoms with E-state index in [0.29, 0.717) is 6.29 Å². The van der Waals surface area contributed by atoms with E-state index in [9.17, 15) is 19.7 Å². The third-order valence-electron chi connectivity index (χ3n) is 2.08. The van der Waals surface area contributed by atoms with Crippen LogP contribution in [0.3, 0.4) is 0 Å². The summed E-state index contributed by atoms with van der Waals surface area (Å²) in [4.78, 5) is 32.1. The molecule has 7 heteroatoms. The maximum atomic E-state index is 11.3. The van der Waals surface area contributed by atoms with Crippen LogP contribution in [0.2, 0.25) is 0 Å². The monoisotopic (exact) mass is 239 g/mol. The molecular weight excluding hydrogens is 230 g/mol. The van der Waals surface area contributed by atoms with Crippen molar-refractivity contribution in [1.82, 2.24) is 0 Å². The van der Waals surface area contributed by atoms with Gasteiger partial charge in [0.1, 0.15) is 0 Å². The van der Waals surface area contributed by atoms with Crippen molar-refractivity contribution < 1.29 is 24.0 Å². The molecule has 1 aromatic carbocycles. The number of hydrogen-bond donors (Lipinski definition) is 0. The Morgan fingerprint density at radius 3 is 2.47 bits per heavy atom. The van der Waals surface area contributed by atoms with Crippen LogP contribution in [0.1, 0.15) is 20.7 Å². The minimum Gasteiger partial charge on any atom is -0.490 e. The molecule has 0 radical (unpaired) electrons. The number of carbonyl (C=O) groups is 2. The number of ether oxygens (including phenoxy) is 2. The van der Waals surface area contributed by atoms with Crippen molar-refractivity contribution in [3.05, 3.63) is 33.4 Å². The Hall–Kier alpha value is -2.44. The second-order valence-electron chi connectivity index (χ2n) is 2.98. The molecule has 7 nitrogen and oxygen atoms in total. The number of nitrogens with zero attached hydrogens (tertiary/aromatic N) is 1. The molecule has 0 amide bonds. The first-order valence-corrected chi connectivity index (χ1v) is 4.45. The van der Waals surface area contributed by atoms with E-state index in [2.05, 4.69) is 4.74 Å². The topological polar surface area (TPSA) is 95.7 Å². The van der Waals surface area contributed by atoms with E-state index < -0.39 is 16.6 Å². The number of carbonyl (C=O) groups excluding carboxylic acids is 2. The highest BCUT2D eigenvalue weighted by Gasteiger charge is 2.22. The van der Waals surface area contributed by atoms with Crippen molar-refractivity contribution >= 4 is 17.9 Å². The Morgan fingerprint density at radius 2 is 2.06 bits per heavy atom. The normalized spacial score (nSPS) is 9.53. The van der Waals surface area contributed by atoms with Gasteiger partial charge in [-0.15, -0.1) is 0 Å². The van der Waals surface area contributed by atoms with Crippen LogP contribution in [0.25, 0.3) is 0 Å². The first-order chi connectivity index (χ1) is 8.04. The van der Waals surface area contributed by atoms with Gasteiger partial charge in [0.05, 0.1) is 24.7 Å². The molecular formula is C10H9NO6. The number of nitro groups is 1. The van der Waals surface area contributed by atoms with Crippen LogP contribution in [0.15, 0.2) is 12.1 Å². The lowest BCUT2D eigenvalue weighted by molar-refractivity contribution is -0.385. The summed E-state index contributed by atoms with van der Waals surface area (Å²) in [5, 5.41) is 10.7. The second kappa shape index (κ2) is 5.06. The molecule has 0 aromatic heterocycles. The van der Waals surface area contributed by atoms with Crippen molar-refractivity contribution in [2.45, 2.75) is 0 Å². The minimum atomic E-state index is -0.821. The number of hydrogen-bond acceptors (Lipinski definition) is 6. The van der Waals surface area contributed by atoms with Gasteiger partial charge >= 0.3 is 11.7 Å². The molecule has 1 rings (SSSR count). The maximum absolute atomic E-state index is 11.3. The minimum absolute atomic E-state index is 0.0284. The fraction of sp³-hybridized carbons (Fsp3) is 0.200. The van der Waals surface area contributed by atoms with E-state index in [4.69, 9.17) is 4.74 Å². The van der Waals surface area contributed by atoms with Gasteiger partial charge < -0.3 is 9.47 Å². The lowest BCUT2D eigenvalue weighted by Gasteiger charge is -2.06. The number of nitro benzene ring substituents is 1. The molecule has 0 heterocycles. The van der Waals surface area contributed by atoms with Crippen LogP contribution in [0.4, 0.5) is 5.69 Å². The van der Waals surface area contributed by atoms with Crippen molar-refractivity contribution in [3.63, 3.8) is 0 Å². The summed E-state index contributed by atoms with van der Waals surface area (Å²) >= 11 is 0. The SMILES string of the molecule is COC(=O)c1cc([N+](=O)[O-])c(OC)cc1C=O. The summed E-state index contributed by atoms with van der Waals surface area (Å²) in [7, 11) is 2.35. The summed E-state index contributed by atoms with van der Waals surface area (Å²) in [6.45, 7) is 0. The number of aldehydes is 1. The highest BCUT2D eigenvalue weighted by atomic mass is 16.6. The largest absolute Gasteiger partial charge is 0.490 e. The summed E-state index contributed by atoms with van der Waals surface area (Å²) in [6.07, 6.45) is 0.401. The molecule has 0 aliphatic carbocycles. The van der Waals surface area contributed by atoms with Gasteiger partial charge in [-0.2, -0.15) is 0 Å². The van der Waals surface area contributed by atoms with E-state index in [0.717, 1.165) is 19.2 Å². The van der Waals surface area contributed by atoms with Gasteiger partial charge in [-0.25, -0.2) is 4.79 Å².